The molecule has 1 aliphatic heterocycles. The van der Waals surface area contributed by atoms with Crippen molar-refractivity contribution in [2.24, 2.45) is 5.92 Å². The number of hydrogen-bond donors (Lipinski definition) is 1. The second-order valence-corrected chi connectivity index (χ2v) is 6.62. The molecule has 1 aromatic carbocycles. The van der Waals surface area contributed by atoms with E-state index in [1.54, 1.807) is 18.9 Å². The maximum absolute atomic E-state index is 12.5. The number of likely N-dealkylation sites (tertiary alicyclic amines) is 1. The molecule has 0 radical (unpaired) electrons. The molecule has 6 nitrogen and oxygen atoms in total. The maximum Gasteiger partial charge on any atom is 0.259 e. The van der Waals surface area contributed by atoms with Crippen molar-refractivity contribution in [2.45, 2.75) is 19.8 Å². The molecule has 1 fully saturated rings. The third kappa shape index (κ3) is 4.25. The molecule has 138 valence electrons. The fourth-order valence-corrected chi connectivity index (χ4v) is 3.10. The third-order valence-electron chi connectivity index (χ3n) is 4.73. The molecule has 3 rings (SSSR count). The van der Waals surface area contributed by atoms with Crippen LogP contribution in [0.25, 0.3) is 0 Å². The van der Waals surface area contributed by atoms with Gasteiger partial charge in [0, 0.05) is 31.0 Å². The molecule has 0 bridgehead atoms. The van der Waals surface area contributed by atoms with Crippen LogP contribution in [0.4, 0.5) is 0 Å². The Morgan fingerprint density at radius 3 is 2.46 bits per heavy atom. The van der Waals surface area contributed by atoms with Crippen molar-refractivity contribution in [1.82, 2.24) is 9.88 Å². The maximum atomic E-state index is 12.5. The highest BCUT2D eigenvalue weighted by molar-refractivity contribution is 5.93. The Morgan fingerprint density at radius 2 is 1.85 bits per heavy atom. The van der Waals surface area contributed by atoms with Crippen LogP contribution in [0.1, 0.15) is 28.9 Å². The number of piperidine rings is 1. The molecular weight excluding hydrogens is 332 g/mol. The third-order valence-corrected chi connectivity index (χ3v) is 4.73. The Kier molecular flexibility index (Phi) is 5.61. The zero-order valence-electron chi connectivity index (χ0n) is 15.2. The molecule has 1 aromatic heterocycles. The summed E-state index contributed by atoms with van der Waals surface area (Å²) in [6.45, 7) is 3.70. The number of benzene rings is 1. The van der Waals surface area contributed by atoms with Gasteiger partial charge in [0.25, 0.3) is 5.91 Å². The van der Waals surface area contributed by atoms with Gasteiger partial charge < -0.3 is 19.4 Å². The topological polar surface area (TPSA) is 71.6 Å². The standard InChI is InChI=1S/C20H24N2O4/c1-14-11-19(23)18(12-21-14)20(24)22-9-7-15(8-10-22)13-26-17-5-3-16(25-2)4-6-17/h3-6,11-12,15H,7-10,13H2,1-2H3,(H,21,23). The van der Waals surface area contributed by atoms with Gasteiger partial charge in [0.1, 0.15) is 17.1 Å². The average Bonchev–Trinajstić information content (AvgIpc) is 2.67. The Hall–Kier alpha value is -2.76. The number of nitrogens with one attached hydrogen (secondary N) is 1. The number of aromatic amines is 1. The number of methoxy groups -OCH3 is 1. The molecule has 1 aliphatic rings. The minimum Gasteiger partial charge on any atom is -0.497 e. The predicted molar refractivity (Wildman–Crippen MR) is 98.9 cm³/mol. The van der Waals surface area contributed by atoms with E-state index in [9.17, 15) is 9.59 Å². The number of hydrogen-bond acceptors (Lipinski definition) is 4. The van der Waals surface area contributed by atoms with E-state index in [4.69, 9.17) is 9.47 Å². The van der Waals surface area contributed by atoms with Gasteiger partial charge >= 0.3 is 0 Å². The summed E-state index contributed by atoms with van der Waals surface area (Å²) >= 11 is 0. The highest BCUT2D eigenvalue weighted by Crippen LogP contribution is 2.22. The van der Waals surface area contributed by atoms with Crippen LogP contribution in [0, 0.1) is 12.8 Å². The Balaban J connectivity index is 1.50. The summed E-state index contributed by atoms with van der Waals surface area (Å²) in [6, 6.07) is 8.98. The zero-order chi connectivity index (χ0) is 18.5. The van der Waals surface area contributed by atoms with Crippen molar-refractivity contribution in [1.29, 1.82) is 0 Å². The van der Waals surface area contributed by atoms with Crippen molar-refractivity contribution in [3.63, 3.8) is 0 Å². The lowest BCUT2D eigenvalue weighted by Crippen LogP contribution is -2.41. The Bertz CT molecular complexity index is 805. The second kappa shape index (κ2) is 8.08. The van der Waals surface area contributed by atoms with Gasteiger partial charge in [-0.05, 0) is 49.9 Å². The molecule has 26 heavy (non-hydrogen) atoms. The molecule has 0 unspecified atom stereocenters. The van der Waals surface area contributed by atoms with Crippen molar-refractivity contribution >= 4 is 5.91 Å². The lowest BCUT2D eigenvalue weighted by atomic mass is 9.97. The first-order valence-electron chi connectivity index (χ1n) is 8.82. The summed E-state index contributed by atoms with van der Waals surface area (Å²) in [6.07, 6.45) is 3.25. The first-order chi connectivity index (χ1) is 12.6. The largest absolute Gasteiger partial charge is 0.497 e. The summed E-state index contributed by atoms with van der Waals surface area (Å²) < 4.78 is 11.0. The molecule has 2 heterocycles. The molecule has 0 aliphatic carbocycles. The number of pyridine rings is 1. The zero-order valence-corrected chi connectivity index (χ0v) is 15.2. The molecule has 0 spiro atoms. The number of aromatic nitrogens is 1. The van der Waals surface area contributed by atoms with Crippen molar-refractivity contribution in [3.05, 3.63) is 58.0 Å². The van der Waals surface area contributed by atoms with Crippen LogP contribution in [0.5, 0.6) is 11.5 Å². The normalized spacial score (nSPS) is 14.9. The van der Waals surface area contributed by atoms with E-state index >= 15 is 0 Å². The van der Waals surface area contributed by atoms with Gasteiger partial charge in [-0.1, -0.05) is 0 Å². The van der Waals surface area contributed by atoms with E-state index in [0.717, 1.165) is 30.0 Å². The molecular formula is C20H24N2O4. The SMILES string of the molecule is COc1ccc(OCC2CCN(C(=O)c3c[nH]c(C)cc3=O)CC2)cc1. The van der Waals surface area contributed by atoms with Crippen LogP contribution in [0.3, 0.4) is 0 Å². The fraction of sp³-hybridized carbons (Fsp3) is 0.400. The monoisotopic (exact) mass is 356 g/mol. The molecule has 1 amide bonds. The lowest BCUT2D eigenvalue weighted by molar-refractivity contribution is 0.0659. The molecule has 2 aromatic rings. The molecule has 1 saturated heterocycles. The van der Waals surface area contributed by atoms with E-state index in [-0.39, 0.29) is 16.9 Å². The summed E-state index contributed by atoms with van der Waals surface area (Å²) in [4.78, 5) is 29.2. The highest BCUT2D eigenvalue weighted by Gasteiger charge is 2.25. The van der Waals surface area contributed by atoms with E-state index in [1.165, 1.54) is 12.3 Å². The van der Waals surface area contributed by atoms with E-state index in [2.05, 4.69) is 4.98 Å². The summed E-state index contributed by atoms with van der Waals surface area (Å²) in [7, 11) is 1.63. The van der Waals surface area contributed by atoms with Gasteiger partial charge in [-0.2, -0.15) is 0 Å². The van der Waals surface area contributed by atoms with E-state index in [1.807, 2.05) is 24.3 Å². The average molecular weight is 356 g/mol. The highest BCUT2D eigenvalue weighted by atomic mass is 16.5. The van der Waals surface area contributed by atoms with Gasteiger partial charge in [0.15, 0.2) is 5.43 Å². The molecule has 0 saturated carbocycles. The number of carbonyl (C=O) groups excluding carboxylic acids is 1. The first kappa shape index (κ1) is 18.0. The van der Waals surface area contributed by atoms with Crippen LogP contribution in [0.15, 0.2) is 41.3 Å². The van der Waals surface area contributed by atoms with Crippen LogP contribution in [-0.2, 0) is 0 Å². The van der Waals surface area contributed by atoms with Crippen LogP contribution < -0.4 is 14.9 Å². The van der Waals surface area contributed by atoms with Crippen molar-refractivity contribution in [2.75, 3.05) is 26.8 Å². The lowest BCUT2D eigenvalue weighted by Gasteiger charge is -2.31. The van der Waals surface area contributed by atoms with Crippen LogP contribution in [0.2, 0.25) is 0 Å². The number of carbonyl (C=O) groups is 1. The Morgan fingerprint density at radius 1 is 1.19 bits per heavy atom. The minimum atomic E-state index is -0.226. The van der Waals surface area contributed by atoms with E-state index < -0.39 is 0 Å². The minimum absolute atomic E-state index is 0.194. The number of ether oxygens (including phenoxy) is 2. The van der Waals surface area contributed by atoms with Crippen molar-refractivity contribution in [3.8, 4) is 11.5 Å². The Labute approximate surface area is 152 Å². The number of amides is 1. The van der Waals surface area contributed by atoms with Gasteiger partial charge in [-0.15, -0.1) is 0 Å². The first-order valence-corrected chi connectivity index (χ1v) is 8.82. The number of rotatable bonds is 5. The van der Waals surface area contributed by atoms with E-state index in [0.29, 0.717) is 25.6 Å². The van der Waals surface area contributed by atoms with Gasteiger partial charge in [-0.3, -0.25) is 9.59 Å². The summed E-state index contributed by atoms with van der Waals surface area (Å²) in [5, 5.41) is 0. The van der Waals surface area contributed by atoms with Crippen molar-refractivity contribution < 1.29 is 14.3 Å². The fourth-order valence-electron chi connectivity index (χ4n) is 3.10. The number of aryl methyl sites for hydroxylation is 1. The summed E-state index contributed by atoms with van der Waals surface area (Å²) in [5.74, 6) is 1.82. The predicted octanol–water partition coefficient (Wildman–Crippen LogP) is 2.62. The molecule has 1 N–H and O–H groups in total. The smallest absolute Gasteiger partial charge is 0.259 e. The quantitative estimate of drug-likeness (QED) is 0.894. The van der Waals surface area contributed by atoms with Gasteiger partial charge in [0.2, 0.25) is 0 Å². The van der Waals surface area contributed by atoms with Gasteiger partial charge in [0.05, 0.1) is 13.7 Å². The van der Waals surface area contributed by atoms with Gasteiger partial charge in [-0.25, -0.2) is 0 Å². The molecule has 6 heteroatoms. The number of H-pyrrole nitrogens is 1. The second-order valence-electron chi connectivity index (χ2n) is 6.62. The molecule has 0 atom stereocenters. The summed E-state index contributed by atoms with van der Waals surface area (Å²) in [5.41, 5.74) is 0.737. The van der Waals surface area contributed by atoms with Crippen LogP contribution >= 0.6 is 0 Å². The van der Waals surface area contributed by atoms with Crippen LogP contribution in [-0.4, -0.2) is 42.6 Å². The number of nitrogens with zero attached hydrogens (tertiary/aromatic N) is 1.